The Labute approximate surface area is 204 Å². The number of phenolic OH excluding ortho intramolecular Hbond substituents is 4. The largest absolute Gasteiger partial charge is 0.508 e. The van der Waals surface area contributed by atoms with Gasteiger partial charge < -0.3 is 25.2 Å². The third-order valence-corrected chi connectivity index (χ3v) is 7.11. The fourth-order valence-electron chi connectivity index (χ4n) is 5.51. The van der Waals surface area contributed by atoms with E-state index in [0.29, 0.717) is 11.5 Å². The van der Waals surface area contributed by atoms with Gasteiger partial charge in [0, 0.05) is 16.9 Å². The molecule has 0 spiro atoms. The molecule has 1 unspecified atom stereocenters. The van der Waals surface area contributed by atoms with E-state index in [1.165, 1.54) is 0 Å². The van der Waals surface area contributed by atoms with Crippen LogP contribution in [0.4, 0.5) is 0 Å². The summed E-state index contributed by atoms with van der Waals surface area (Å²) in [5, 5.41) is 40.1. The summed E-state index contributed by atoms with van der Waals surface area (Å²) in [5.74, 6) is 1.92. The molecule has 0 bridgehead atoms. The van der Waals surface area contributed by atoms with E-state index >= 15 is 0 Å². The van der Waals surface area contributed by atoms with Crippen molar-refractivity contribution in [1.82, 2.24) is 0 Å². The molecular formula is C30H28O5. The zero-order chi connectivity index (χ0) is 24.4. The van der Waals surface area contributed by atoms with Crippen LogP contribution in [0, 0.1) is 0 Å². The number of hydrogen-bond donors (Lipinski definition) is 4. The lowest BCUT2D eigenvalue weighted by Gasteiger charge is -2.46. The van der Waals surface area contributed by atoms with E-state index in [4.69, 9.17) is 4.74 Å². The summed E-state index contributed by atoms with van der Waals surface area (Å²) >= 11 is 0. The van der Waals surface area contributed by atoms with Crippen molar-refractivity contribution >= 4 is 0 Å². The molecule has 1 aliphatic carbocycles. The van der Waals surface area contributed by atoms with Crippen molar-refractivity contribution in [2.24, 2.45) is 0 Å². The predicted octanol–water partition coefficient (Wildman–Crippen LogP) is 6.95. The Balaban J connectivity index is 1.69. The van der Waals surface area contributed by atoms with Crippen LogP contribution in [0.1, 0.15) is 48.3 Å². The topological polar surface area (TPSA) is 90.2 Å². The minimum atomic E-state index is -0.458. The number of aromatic hydroxyl groups is 4. The van der Waals surface area contributed by atoms with Crippen LogP contribution >= 0.6 is 0 Å². The van der Waals surface area contributed by atoms with E-state index in [1.807, 2.05) is 24.3 Å². The molecule has 5 rings (SSSR count). The molecule has 1 aliphatic rings. The standard InChI is InChI=1S/C30H28O5/c31-22-8-4-20(5-9-22)30(21-6-10-23(32)11-7-21)18-2-1-3-28(30)27-19-25(34)14-17-29(27)35-26-15-12-24(33)13-16-26/h4-17,19,28,31-34H,1-3,18H2. The van der Waals surface area contributed by atoms with Crippen molar-refractivity contribution < 1.29 is 25.2 Å². The normalized spacial score (nSPS) is 17.1. The molecule has 5 nitrogen and oxygen atoms in total. The molecule has 0 heterocycles. The highest BCUT2D eigenvalue weighted by atomic mass is 16.5. The molecule has 4 aromatic carbocycles. The second kappa shape index (κ2) is 9.26. The summed E-state index contributed by atoms with van der Waals surface area (Å²) in [6, 6.07) is 26.4. The van der Waals surface area contributed by atoms with E-state index in [9.17, 15) is 20.4 Å². The number of benzene rings is 4. The maximum atomic E-state index is 10.5. The minimum absolute atomic E-state index is 0.0375. The lowest BCUT2D eigenvalue weighted by atomic mass is 9.57. The molecular weight excluding hydrogens is 440 g/mol. The highest BCUT2D eigenvalue weighted by Crippen LogP contribution is 2.55. The van der Waals surface area contributed by atoms with E-state index in [1.54, 1.807) is 66.7 Å². The first-order valence-electron chi connectivity index (χ1n) is 11.8. The van der Waals surface area contributed by atoms with Crippen LogP contribution in [0.3, 0.4) is 0 Å². The van der Waals surface area contributed by atoms with Crippen molar-refractivity contribution in [3.05, 3.63) is 108 Å². The van der Waals surface area contributed by atoms with Crippen molar-refractivity contribution in [2.75, 3.05) is 0 Å². The van der Waals surface area contributed by atoms with E-state index in [2.05, 4.69) is 0 Å². The second-order valence-electron chi connectivity index (χ2n) is 9.18. The molecule has 1 fully saturated rings. The molecule has 1 saturated carbocycles. The highest BCUT2D eigenvalue weighted by Gasteiger charge is 2.45. The summed E-state index contributed by atoms with van der Waals surface area (Å²) in [7, 11) is 0. The quantitative estimate of drug-likeness (QED) is 0.255. The van der Waals surface area contributed by atoms with Crippen molar-refractivity contribution in [3.8, 4) is 34.5 Å². The van der Waals surface area contributed by atoms with Gasteiger partial charge in [-0.05, 0) is 90.7 Å². The smallest absolute Gasteiger partial charge is 0.131 e. The zero-order valence-corrected chi connectivity index (χ0v) is 19.3. The van der Waals surface area contributed by atoms with Gasteiger partial charge in [-0.2, -0.15) is 0 Å². The molecule has 0 aromatic heterocycles. The lowest BCUT2D eigenvalue weighted by Crippen LogP contribution is -2.38. The maximum Gasteiger partial charge on any atom is 0.131 e. The van der Waals surface area contributed by atoms with Gasteiger partial charge >= 0.3 is 0 Å². The Morgan fingerprint density at radius 3 is 1.69 bits per heavy atom. The first-order chi connectivity index (χ1) is 17.0. The van der Waals surface area contributed by atoms with Gasteiger partial charge in [-0.1, -0.05) is 37.1 Å². The predicted molar refractivity (Wildman–Crippen MR) is 134 cm³/mol. The lowest BCUT2D eigenvalue weighted by molar-refractivity contribution is 0.288. The molecule has 0 radical (unpaired) electrons. The minimum Gasteiger partial charge on any atom is -0.508 e. The van der Waals surface area contributed by atoms with Gasteiger partial charge in [0.2, 0.25) is 0 Å². The molecule has 5 heteroatoms. The van der Waals surface area contributed by atoms with Crippen molar-refractivity contribution in [3.63, 3.8) is 0 Å². The van der Waals surface area contributed by atoms with Crippen LogP contribution in [0.15, 0.2) is 91.0 Å². The van der Waals surface area contributed by atoms with Crippen LogP contribution < -0.4 is 4.74 Å². The van der Waals surface area contributed by atoms with Gasteiger partial charge in [0.25, 0.3) is 0 Å². The summed E-state index contributed by atoms with van der Waals surface area (Å²) in [5.41, 5.74) is 2.55. The molecule has 178 valence electrons. The fraction of sp³-hybridized carbons (Fsp3) is 0.200. The monoisotopic (exact) mass is 468 g/mol. The molecule has 1 atom stereocenters. The summed E-state index contributed by atoms with van der Waals surface area (Å²) in [6.07, 6.45) is 3.78. The fourth-order valence-corrected chi connectivity index (χ4v) is 5.51. The van der Waals surface area contributed by atoms with Crippen LogP contribution in [0.2, 0.25) is 0 Å². The molecule has 0 aliphatic heterocycles. The van der Waals surface area contributed by atoms with Gasteiger partial charge in [0.05, 0.1) is 0 Å². The number of hydrogen-bond acceptors (Lipinski definition) is 5. The summed E-state index contributed by atoms with van der Waals surface area (Å²) in [6.45, 7) is 0. The van der Waals surface area contributed by atoms with Crippen LogP contribution in [0.25, 0.3) is 0 Å². The molecule has 4 N–H and O–H groups in total. The third-order valence-electron chi connectivity index (χ3n) is 7.11. The average Bonchev–Trinajstić information content (AvgIpc) is 2.87. The maximum absolute atomic E-state index is 10.5. The Morgan fingerprint density at radius 2 is 1.11 bits per heavy atom. The molecule has 35 heavy (non-hydrogen) atoms. The summed E-state index contributed by atoms with van der Waals surface area (Å²) < 4.78 is 6.27. The second-order valence-corrected chi connectivity index (χ2v) is 9.18. The number of phenols is 4. The third kappa shape index (κ3) is 4.37. The van der Waals surface area contributed by atoms with Crippen molar-refractivity contribution in [2.45, 2.75) is 37.0 Å². The Bertz CT molecular complexity index is 1250. The summed E-state index contributed by atoms with van der Waals surface area (Å²) in [4.78, 5) is 0. The van der Waals surface area contributed by atoms with E-state index < -0.39 is 5.41 Å². The van der Waals surface area contributed by atoms with Gasteiger partial charge in [-0.25, -0.2) is 0 Å². The first kappa shape index (κ1) is 22.7. The van der Waals surface area contributed by atoms with Gasteiger partial charge in [0.1, 0.15) is 34.5 Å². The Morgan fingerprint density at radius 1 is 0.600 bits per heavy atom. The van der Waals surface area contributed by atoms with Crippen LogP contribution in [0.5, 0.6) is 34.5 Å². The van der Waals surface area contributed by atoms with Crippen LogP contribution in [-0.2, 0) is 5.41 Å². The van der Waals surface area contributed by atoms with Crippen LogP contribution in [-0.4, -0.2) is 20.4 Å². The molecule has 4 aromatic rings. The Kier molecular flexibility index (Phi) is 6.00. The van der Waals surface area contributed by atoms with E-state index in [-0.39, 0.29) is 28.9 Å². The SMILES string of the molecule is Oc1ccc(Oc2ccc(O)cc2C2CCCCC2(c2ccc(O)cc2)c2ccc(O)cc2)cc1. The van der Waals surface area contributed by atoms with Gasteiger partial charge in [-0.3, -0.25) is 0 Å². The van der Waals surface area contributed by atoms with E-state index in [0.717, 1.165) is 42.4 Å². The number of rotatable bonds is 5. The van der Waals surface area contributed by atoms with Gasteiger partial charge in [0.15, 0.2) is 0 Å². The number of ether oxygens (including phenoxy) is 1. The highest BCUT2D eigenvalue weighted by molar-refractivity contribution is 5.53. The molecule has 0 amide bonds. The van der Waals surface area contributed by atoms with Gasteiger partial charge in [-0.15, -0.1) is 0 Å². The average molecular weight is 469 g/mol. The Hall–Kier alpha value is -4.12. The van der Waals surface area contributed by atoms with Crippen molar-refractivity contribution in [1.29, 1.82) is 0 Å². The molecule has 0 saturated heterocycles. The zero-order valence-electron chi connectivity index (χ0n) is 19.3. The first-order valence-corrected chi connectivity index (χ1v) is 11.8.